The van der Waals surface area contributed by atoms with Crippen LogP contribution in [0.15, 0.2) is 52.8 Å². The lowest BCUT2D eigenvalue weighted by molar-refractivity contribution is -0.113. The van der Waals surface area contributed by atoms with Crippen molar-refractivity contribution in [3.8, 4) is 22.6 Å². The van der Waals surface area contributed by atoms with Crippen molar-refractivity contribution in [3.63, 3.8) is 0 Å². The van der Waals surface area contributed by atoms with Gasteiger partial charge in [0.1, 0.15) is 0 Å². The second kappa shape index (κ2) is 9.81. The molecule has 0 aliphatic rings. The van der Waals surface area contributed by atoms with Gasteiger partial charge in [-0.25, -0.2) is 4.98 Å². The fraction of sp³-hybridized carbons (Fsp3) is 0.217. The molecule has 3 heterocycles. The largest absolute Gasteiger partial charge is 0.301 e. The van der Waals surface area contributed by atoms with Crippen LogP contribution in [0.4, 0.5) is 5.13 Å². The third kappa shape index (κ3) is 4.85. The number of thiazole rings is 1. The number of carbonyl (C=O) groups excluding carboxylic acids is 1. The number of amides is 1. The molecule has 4 rings (SSSR count). The van der Waals surface area contributed by atoms with Crippen molar-refractivity contribution in [3.05, 3.63) is 63.7 Å². The number of carbonyl (C=O) groups is 1. The van der Waals surface area contributed by atoms with Crippen molar-refractivity contribution in [2.24, 2.45) is 0 Å². The molecular formula is C23H23N5OS3. The van der Waals surface area contributed by atoms with Gasteiger partial charge in [0.25, 0.3) is 0 Å². The zero-order valence-corrected chi connectivity index (χ0v) is 20.5. The molecule has 0 bridgehead atoms. The smallest absolute Gasteiger partial charge is 0.236 e. The monoisotopic (exact) mass is 481 g/mol. The predicted octanol–water partition coefficient (Wildman–Crippen LogP) is 5.97. The maximum absolute atomic E-state index is 12.5. The Morgan fingerprint density at radius 2 is 1.94 bits per heavy atom. The van der Waals surface area contributed by atoms with Gasteiger partial charge in [-0.3, -0.25) is 9.36 Å². The molecule has 1 N–H and O–H groups in total. The predicted molar refractivity (Wildman–Crippen MR) is 135 cm³/mol. The summed E-state index contributed by atoms with van der Waals surface area (Å²) < 4.78 is 2.00. The standard InChI is InChI=1S/C23H23N5OS3/c1-5-10-28-21(18-11-30-16(4)15(18)3)26-27-23(28)32-13-20(29)25-22-24-19(12-31-22)17-8-6-14(2)7-9-17/h5-9,11-12H,1,10,13H2,2-4H3,(H,24,25,29). The Bertz CT molecular complexity index is 1250. The van der Waals surface area contributed by atoms with Gasteiger partial charge in [0.15, 0.2) is 16.1 Å². The van der Waals surface area contributed by atoms with Gasteiger partial charge < -0.3 is 5.32 Å². The van der Waals surface area contributed by atoms with Gasteiger partial charge in [0.05, 0.1) is 11.4 Å². The molecule has 0 radical (unpaired) electrons. The third-order valence-electron chi connectivity index (χ3n) is 4.99. The number of anilines is 1. The lowest BCUT2D eigenvalue weighted by Crippen LogP contribution is -2.14. The van der Waals surface area contributed by atoms with E-state index in [1.807, 2.05) is 28.2 Å². The molecule has 0 aliphatic carbocycles. The Balaban J connectivity index is 1.43. The quantitative estimate of drug-likeness (QED) is 0.248. The highest BCUT2D eigenvalue weighted by Gasteiger charge is 2.18. The number of aromatic nitrogens is 4. The number of hydrogen-bond acceptors (Lipinski definition) is 7. The molecule has 9 heteroatoms. The topological polar surface area (TPSA) is 72.7 Å². The molecule has 0 unspecified atom stereocenters. The molecule has 3 aromatic heterocycles. The molecule has 164 valence electrons. The molecule has 0 aliphatic heterocycles. The number of thioether (sulfide) groups is 1. The summed E-state index contributed by atoms with van der Waals surface area (Å²) in [6.07, 6.45) is 1.81. The molecule has 0 saturated heterocycles. The van der Waals surface area contributed by atoms with Crippen LogP contribution in [0.2, 0.25) is 0 Å². The normalized spacial score (nSPS) is 11.0. The van der Waals surface area contributed by atoms with Gasteiger partial charge in [-0.1, -0.05) is 47.7 Å². The molecule has 32 heavy (non-hydrogen) atoms. The second-order valence-corrected chi connectivity index (χ2v) is 10.2. The first-order valence-electron chi connectivity index (χ1n) is 10.0. The Kier molecular flexibility index (Phi) is 6.88. The fourth-order valence-electron chi connectivity index (χ4n) is 3.10. The number of rotatable bonds is 8. The van der Waals surface area contributed by atoms with Crippen LogP contribution >= 0.6 is 34.4 Å². The number of aryl methyl sites for hydroxylation is 2. The second-order valence-electron chi connectivity index (χ2n) is 7.28. The average Bonchev–Trinajstić information content (AvgIpc) is 3.48. The summed E-state index contributed by atoms with van der Waals surface area (Å²) in [5, 5.41) is 16.9. The van der Waals surface area contributed by atoms with Crippen molar-refractivity contribution in [2.45, 2.75) is 32.5 Å². The third-order valence-corrected chi connectivity index (χ3v) is 7.72. The van der Waals surface area contributed by atoms with Crippen LogP contribution in [0, 0.1) is 20.8 Å². The molecule has 4 aromatic rings. The zero-order chi connectivity index (χ0) is 22.7. The highest BCUT2D eigenvalue weighted by atomic mass is 32.2. The van der Waals surface area contributed by atoms with E-state index < -0.39 is 0 Å². The van der Waals surface area contributed by atoms with E-state index in [9.17, 15) is 4.79 Å². The fourth-order valence-corrected chi connectivity index (χ4v) is 5.44. The summed E-state index contributed by atoms with van der Waals surface area (Å²) in [6, 6.07) is 8.17. The summed E-state index contributed by atoms with van der Waals surface area (Å²) in [5.41, 5.74) is 5.37. The van der Waals surface area contributed by atoms with Gasteiger partial charge in [-0.15, -0.1) is 39.4 Å². The number of nitrogens with one attached hydrogen (secondary N) is 1. The SMILES string of the molecule is C=CCn1c(SCC(=O)Nc2nc(-c3ccc(C)cc3)cs2)nnc1-c1csc(C)c1C. The minimum atomic E-state index is -0.128. The van der Waals surface area contributed by atoms with Gasteiger partial charge in [0.2, 0.25) is 5.91 Å². The van der Waals surface area contributed by atoms with E-state index in [0.29, 0.717) is 16.8 Å². The highest BCUT2D eigenvalue weighted by Crippen LogP contribution is 2.32. The first-order chi connectivity index (χ1) is 15.5. The lowest BCUT2D eigenvalue weighted by atomic mass is 10.1. The van der Waals surface area contributed by atoms with E-state index in [1.165, 1.54) is 39.1 Å². The van der Waals surface area contributed by atoms with Crippen molar-refractivity contribution in [1.29, 1.82) is 0 Å². The number of thiophene rings is 1. The number of nitrogens with zero attached hydrogens (tertiary/aromatic N) is 4. The summed E-state index contributed by atoms with van der Waals surface area (Å²) in [4.78, 5) is 18.3. The average molecular weight is 482 g/mol. The van der Waals surface area contributed by atoms with Gasteiger partial charge in [0, 0.05) is 33.3 Å². The highest BCUT2D eigenvalue weighted by molar-refractivity contribution is 7.99. The Morgan fingerprint density at radius 3 is 2.62 bits per heavy atom. The van der Waals surface area contributed by atoms with Crippen LogP contribution in [-0.2, 0) is 11.3 Å². The van der Waals surface area contributed by atoms with E-state index in [1.54, 1.807) is 11.3 Å². The van der Waals surface area contributed by atoms with Crippen molar-refractivity contribution in [2.75, 3.05) is 11.1 Å². The van der Waals surface area contributed by atoms with Crippen LogP contribution in [-0.4, -0.2) is 31.4 Å². The summed E-state index contributed by atoms with van der Waals surface area (Å²) >= 11 is 4.47. The number of benzene rings is 1. The maximum Gasteiger partial charge on any atom is 0.236 e. The zero-order valence-electron chi connectivity index (χ0n) is 18.1. The minimum Gasteiger partial charge on any atom is -0.301 e. The Hall–Kier alpha value is -2.75. The molecule has 1 aromatic carbocycles. The molecule has 0 spiro atoms. The van der Waals surface area contributed by atoms with Gasteiger partial charge >= 0.3 is 0 Å². The first-order valence-corrected chi connectivity index (χ1v) is 12.7. The summed E-state index contributed by atoms with van der Waals surface area (Å²) in [6.45, 7) is 10.7. The Labute approximate surface area is 199 Å². The Morgan fingerprint density at radius 1 is 1.16 bits per heavy atom. The van der Waals surface area contributed by atoms with Gasteiger partial charge in [-0.2, -0.15) is 0 Å². The summed E-state index contributed by atoms with van der Waals surface area (Å²) in [5.74, 6) is 0.894. The van der Waals surface area contributed by atoms with Gasteiger partial charge in [-0.05, 0) is 26.3 Å². The van der Waals surface area contributed by atoms with Crippen LogP contribution < -0.4 is 5.32 Å². The summed E-state index contributed by atoms with van der Waals surface area (Å²) in [7, 11) is 0. The lowest BCUT2D eigenvalue weighted by Gasteiger charge is -2.07. The molecular weight excluding hydrogens is 458 g/mol. The van der Waals surface area contributed by atoms with Crippen LogP contribution in [0.3, 0.4) is 0 Å². The molecule has 0 atom stereocenters. The van der Waals surface area contributed by atoms with E-state index in [0.717, 1.165) is 22.6 Å². The van der Waals surface area contributed by atoms with Crippen LogP contribution in [0.25, 0.3) is 22.6 Å². The molecule has 0 saturated carbocycles. The molecule has 6 nitrogen and oxygen atoms in total. The van der Waals surface area contributed by atoms with Crippen molar-refractivity contribution in [1.82, 2.24) is 19.7 Å². The maximum atomic E-state index is 12.5. The van der Waals surface area contributed by atoms with Crippen molar-refractivity contribution < 1.29 is 4.79 Å². The molecule has 0 fully saturated rings. The van der Waals surface area contributed by atoms with Crippen LogP contribution in [0.5, 0.6) is 0 Å². The van der Waals surface area contributed by atoms with E-state index >= 15 is 0 Å². The van der Waals surface area contributed by atoms with Crippen LogP contribution in [0.1, 0.15) is 16.0 Å². The number of allylic oxidation sites excluding steroid dienone is 1. The number of hydrogen-bond donors (Lipinski definition) is 1. The molecule has 1 amide bonds. The van der Waals surface area contributed by atoms with E-state index in [4.69, 9.17) is 0 Å². The minimum absolute atomic E-state index is 0.128. The van der Waals surface area contributed by atoms with E-state index in [-0.39, 0.29) is 11.7 Å². The van der Waals surface area contributed by atoms with E-state index in [2.05, 4.69) is 65.4 Å². The van der Waals surface area contributed by atoms with Crippen molar-refractivity contribution >= 4 is 45.5 Å². The first kappa shape index (κ1) is 22.4.